The standard InChI is InChI=1S/C17H19F3N4/c1-13-14(3-2-6-21-13)12-23-7-9-24(10-8-23)16-5-4-15(11-22-16)17(18,19)20/h2-6,11H,7-10,12H2,1H3. The minimum Gasteiger partial charge on any atom is -0.354 e. The zero-order valence-electron chi connectivity index (χ0n) is 13.4. The number of halogens is 3. The first-order valence-corrected chi connectivity index (χ1v) is 7.84. The van der Waals surface area contributed by atoms with E-state index >= 15 is 0 Å². The number of piperazine rings is 1. The third kappa shape index (κ3) is 3.84. The average Bonchev–Trinajstić information content (AvgIpc) is 2.57. The van der Waals surface area contributed by atoms with E-state index in [-0.39, 0.29) is 0 Å². The lowest BCUT2D eigenvalue weighted by Crippen LogP contribution is -2.46. The molecule has 24 heavy (non-hydrogen) atoms. The van der Waals surface area contributed by atoms with E-state index in [1.165, 1.54) is 11.6 Å². The van der Waals surface area contributed by atoms with Gasteiger partial charge in [0.1, 0.15) is 5.82 Å². The third-order valence-electron chi connectivity index (χ3n) is 4.28. The van der Waals surface area contributed by atoms with Gasteiger partial charge in [0.25, 0.3) is 0 Å². The first-order valence-electron chi connectivity index (χ1n) is 7.84. The second-order valence-electron chi connectivity index (χ2n) is 5.91. The van der Waals surface area contributed by atoms with Crippen LogP contribution in [-0.4, -0.2) is 41.0 Å². The molecule has 1 aliphatic heterocycles. The molecule has 2 aromatic heterocycles. The lowest BCUT2D eigenvalue weighted by atomic mass is 10.2. The van der Waals surface area contributed by atoms with Gasteiger partial charge in [-0.2, -0.15) is 13.2 Å². The Morgan fingerprint density at radius 3 is 2.38 bits per heavy atom. The lowest BCUT2D eigenvalue weighted by Gasteiger charge is -2.35. The van der Waals surface area contributed by atoms with Crippen LogP contribution in [-0.2, 0) is 12.7 Å². The summed E-state index contributed by atoms with van der Waals surface area (Å²) in [7, 11) is 0. The number of pyridine rings is 2. The topological polar surface area (TPSA) is 32.3 Å². The summed E-state index contributed by atoms with van der Waals surface area (Å²) in [4.78, 5) is 12.6. The van der Waals surface area contributed by atoms with Crippen molar-refractivity contribution in [2.45, 2.75) is 19.6 Å². The molecule has 0 unspecified atom stereocenters. The first-order chi connectivity index (χ1) is 11.4. The predicted octanol–water partition coefficient (Wildman–Crippen LogP) is 3.13. The number of hydrogen-bond acceptors (Lipinski definition) is 4. The van der Waals surface area contributed by atoms with E-state index < -0.39 is 11.7 Å². The van der Waals surface area contributed by atoms with Gasteiger partial charge in [-0.3, -0.25) is 9.88 Å². The van der Waals surface area contributed by atoms with Gasteiger partial charge < -0.3 is 4.90 Å². The van der Waals surface area contributed by atoms with Crippen molar-refractivity contribution < 1.29 is 13.2 Å². The molecule has 0 amide bonds. The van der Waals surface area contributed by atoms with E-state index in [4.69, 9.17) is 0 Å². The Bertz CT molecular complexity index is 677. The van der Waals surface area contributed by atoms with Crippen LogP contribution in [0.15, 0.2) is 36.7 Å². The molecule has 1 fully saturated rings. The monoisotopic (exact) mass is 336 g/mol. The average molecular weight is 336 g/mol. The molecule has 0 aliphatic carbocycles. The summed E-state index contributed by atoms with van der Waals surface area (Å²) in [5.74, 6) is 0.597. The molecule has 0 radical (unpaired) electrons. The van der Waals surface area contributed by atoms with Crippen molar-refractivity contribution in [3.8, 4) is 0 Å². The van der Waals surface area contributed by atoms with E-state index in [1.54, 1.807) is 6.20 Å². The Hall–Kier alpha value is -2.15. The van der Waals surface area contributed by atoms with Crippen molar-refractivity contribution >= 4 is 5.82 Å². The number of aromatic nitrogens is 2. The predicted molar refractivity (Wildman–Crippen MR) is 85.7 cm³/mol. The smallest absolute Gasteiger partial charge is 0.354 e. The summed E-state index contributed by atoms with van der Waals surface area (Å²) in [5.41, 5.74) is 1.53. The van der Waals surface area contributed by atoms with Crippen LogP contribution in [0.3, 0.4) is 0 Å². The molecule has 0 spiro atoms. The van der Waals surface area contributed by atoms with Crippen LogP contribution in [0.5, 0.6) is 0 Å². The number of alkyl halides is 3. The summed E-state index contributed by atoms with van der Waals surface area (Å²) >= 11 is 0. The van der Waals surface area contributed by atoms with Gasteiger partial charge in [-0.1, -0.05) is 6.07 Å². The van der Waals surface area contributed by atoms with Crippen LogP contribution >= 0.6 is 0 Å². The Balaban J connectivity index is 1.58. The number of rotatable bonds is 3. The lowest BCUT2D eigenvalue weighted by molar-refractivity contribution is -0.137. The zero-order valence-corrected chi connectivity index (χ0v) is 13.4. The van der Waals surface area contributed by atoms with Crippen LogP contribution in [0.25, 0.3) is 0 Å². The molecule has 0 bridgehead atoms. The van der Waals surface area contributed by atoms with Crippen LogP contribution in [0, 0.1) is 6.92 Å². The number of aryl methyl sites for hydroxylation is 1. The van der Waals surface area contributed by atoms with Crippen LogP contribution < -0.4 is 4.90 Å². The molecule has 128 valence electrons. The van der Waals surface area contributed by atoms with Crippen LogP contribution in [0.2, 0.25) is 0 Å². The summed E-state index contributed by atoms with van der Waals surface area (Å²) in [5, 5.41) is 0. The third-order valence-corrected chi connectivity index (χ3v) is 4.28. The number of nitrogens with zero attached hydrogens (tertiary/aromatic N) is 4. The first kappa shape index (κ1) is 16.7. The van der Waals surface area contributed by atoms with Gasteiger partial charge in [0.15, 0.2) is 0 Å². The molecule has 3 rings (SSSR count). The quantitative estimate of drug-likeness (QED) is 0.862. The molecule has 7 heteroatoms. The highest BCUT2D eigenvalue weighted by atomic mass is 19.4. The summed E-state index contributed by atoms with van der Waals surface area (Å²) in [6.45, 7) is 6.02. The molecular formula is C17H19F3N4. The SMILES string of the molecule is Cc1ncccc1CN1CCN(c2ccc(C(F)(F)F)cn2)CC1. The van der Waals surface area contributed by atoms with Crippen LogP contribution in [0.1, 0.15) is 16.8 Å². The van der Waals surface area contributed by atoms with Gasteiger partial charge in [-0.15, -0.1) is 0 Å². The van der Waals surface area contributed by atoms with Crippen molar-refractivity contribution in [1.82, 2.24) is 14.9 Å². The fourth-order valence-corrected chi connectivity index (χ4v) is 2.80. The van der Waals surface area contributed by atoms with Crippen LogP contribution in [0.4, 0.5) is 19.0 Å². The highest BCUT2D eigenvalue weighted by Gasteiger charge is 2.31. The highest BCUT2D eigenvalue weighted by Crippen LogP contribution is 2.29. The summed E-state index contributed by atoms with van der Waals surface area (Å²) < 4.78 is 37.8. The Kier molecular flexibility index (Phi) is 4.71. The number of anilines is 1. The highest BCUT2D eigenvalue weighted by molar-refractivity contribution is 5.40. The Morgan fingerprint density at radius 2 is 1.79 bits per heavy atom. The van der Waals surface area contributed by atoms with Crippen molar-refractivity contribution in [1.29, 1.82) is 0 Å². The fraction of sp³-hybridized carbons (Fsp3) is 0.412. The minimum atomic E-state index is -4.34. The second-order valence-corrected chi connectivity index (χ2v) is 5.91. The molecule has 0 aromatic carbocycles. The van der Waals surface area contributed by atoms with Crippen molar-refractivity contribution in [3.63, 3.8) is 0 Å². The molecule has 4 nitrogen and oxygen atoms in total. The van der Waals surface area contributed by atoms with E-state index in [9.17, 15) is 13.2 Å². The molecular weight excluding hydrogens is 317 g/mol. The Labute approximate surface area is 138 Å². The van der Waals surface area contributed by atoms with Gasteiger partial charge in [-0.25, -0.2) is 4.98 Å². The van der Waals surface area contributed by atoms with Crippen molar-refractivity contribution in [2.24, 2.45) is 0 Å². The van der Waals surface area contributed by atoms with E-state index in [0.717, 1.165) is 50.7 Å². The molecule has 0 atom stereocenters. The molecule has 2 aromatic rings. The fourth-order valence-electron chi connectivity index (χ4n) is 2.80. The molecule has 1 saturated heterocycles. The van der Waals surface area contributed by atoms with Gasteiger partial charge >= 0.3 is 6.18 Å². The van der Waals surface area contributed by atoms with Crippen molar-refractivity contribution in [3.05, 3.63) is 53.5 Å². The molecule has 0 N–H and O–H groups in total. The number of hydrogen-bond donors (Lipinski definition) is 0. The summed E-state index contributed by atoms with van der Waals surface area (Å²) in [6, 6.07) is 6.55. The second kappa shape index (κ2) is 6.76. The Morgan fingerprint density at radius 1 is 1.04 bits per heavy atom. The van der Waals surface area contributed by atoms with Gasteiger partial charge in [0, 0.05) is 50.8 Å². The zero-order chi connectivity index (χ0) is 17.2. The molecule has 1 aliphatic rings. The van der Waals surface area contributed by atoms with E-state index in [1.807, 2.05) is 17.9 Å². The largest absolute Gasteiger partial charge is 0.417 e. The summed E-state index contributed by atoms with van der Waals surface area (Å²) in [6.07, 6.45) is -1.65. The normalized spacial score (nSPS) is 16.4. The molecule has 0 saturated carbocycles. The maximum atomic E-state index is 12.6. The van der Waals surface area contributed by atoms with Gasteiger partial charge in [-0.05, 0) is 30.7 Å². The van der Waals surface area contributed by atoms with Gasteiger partial charge in [0.2, 0.25) is 0 Å². The van der Waals surface area contributed by atoms with Gasteiger partial charge in [0.05, 0.1) is 5.56 Å². The van der Waals surface area contributed by atoms with E-state index in [2.05, 4.69) is 20.9 Å². The van der Waals surface area contributed by atoms with Crippen molar-refractivity contribution in [2.75, 3.05) is 31.1 Å². The maximum absolute atomic E-state index is 12.6. The minimum absolute atomic E-state index is 0.597. The molecule has 3 heterocycles. The van der Waals surface area contributed by atoms with E-state index in [0.29, 0.717) is 5.82 Å². The maximum Gasteiger partial charge on any atom is 0.417 e.